The molecule has 0 spiro atoms. The lowest BCUT2D eigenvalue weighted by atomic mass is 10.1. The van der Waals surface area contributed by atoms with Crippen LogP contribution in [0.15, 0.2) is 12.3 Å². The van der Waals surface area contributed by atoms with Crippen LogP contribution in [0.5, 0.6) is 0 Å². The number of nitrogens with zero attached hydrogens (tertiary/aromatic N) is 2. The van der Waals surface area contributed by atoms with Crippen LogP contribution in [0, 0.1) is 6.92 Å². The zero-order valence-corrected chi connectivity index (χ0v) is 9.25. The summed E-state index contributed by atoms with van der Waals surface area (Å²) in [5, 5.41) is 3.39. The van der Waals surface area contributed by atoms with E-state index >= 15 is 0 Å². The van der Waals surface area contributed by atoms with Gasteiger partial charge in [0, 0.05) is 17.9 Å². The van der Waals surface area contributed by atoms with E-state index in [0.717, 1.165) is 30.9 Å². The van der Waals surface area contributed by atoms with E-state index in [1.54, 1.807) is 0 Å². The van der Waals surface area contributed by atoms with E-state index in [-0.39, 0.29) is 0 Å². The third-order valence-corrected chi connectivity index (χ3v) is 2.22. The highest BCUT2D eigenvalue weighted by atomic mass is 14.9. The average Bonchev–Trinajstić information content (AvgIpc) is 2.15. The molecule has 0 amide bonds. The Bertz CT molecular complexity index is 273. The van der Waals surface area contributed by atoms with Gasteiger partial charge in [0.1, 0.15) is 5.82 Å². The summed E-state index contributed by atoms with van der Waals surface area (Å²) in [5.74, 6) is 0.860. The summed E-state index contributed by atoms with van der Waals surface area (Å²) in [4.78, 5) is 8.44. The molecule has 14 heavy (non-hydrogen) atoms. The monoisotopic (exact) mass is 193 g/mol. The number of hydrogen-bond acceptors (Lipinski definition) is 3. The Hall–Kier alpha value is -0.960. The molecule has 1 unspecified atom stereocenters. The number of aromatic nitrogens is 2. The molecule has 0 aliphatic heterocycles. The van der Waals surface area contributed by atoms with Crippen molar-refractivity contribution in [1.29, 1.82) is 0 Å². The summed E-state index contributed by atoms with van der Waals surface area (Å²) in [6.07, 6.45) is 3.98. The Kier molecular flexibility index (Phi) is 4.53. The van der Waals surface area contributed by atoms with Crippen molar-refractivity contribution in [3.63, 3.8) is 0 Å². The Morgan fingerprint density at radius 1 is 1.50 bits per heavy atom. The first-order chi connectivity index (χ1) is 6.72. The van der Waals surface area contributed by atoms with E-state index in [0.29, 0.717) is 6.04 Å². The summed E-state index contributed by atoms with van der Waals surface area (Å²) in [7, 11) is 0. The fourth-order valence-corrected chi connectivity index (χ4v) is 1.46. The van der Waals surface area contributed by atoms with E-state index in [2.05, 4.69) is 29.1 Å². The van der Waals surface area contributed by atoms with Crippen LogP contribution in [0.1, 0.15) is 31.8 Å². The molecule has 0 saturated carbocycles. The number of rotatable bonds is 5. The van der Waals surface area contributed by atoms with Crippen molar-refractivity contribution in [2.45, 2.75) is 39.7 Å². The van der Waals surface area contributed by atoms with E-state index in [1.165, 1.54) is 0 Å². The summed E-state index contributed by atoms with van der Waals surface area (Å²) in [6, 6.07) is 2.56. The third kappa shape index (κ3) is 3.83. The lowest BCUT2D eigenvalue weighted by Gasteiger charge is -2.11. The van der Waals surface area contributed by atoms with Gasteiger partial charge in [-0.25, -0.2) is 9.97 Å². The Morgan fingerprint density at radius 2 is 2.29 bits per heavy atom. The minimum absolute atomic E-state index is 0.565. The van der Waals surface area contributed by atoms with E-state index < -0.39 is 0 Å². The molecule has 0 aromatic carbocycles. The summed E-state index contributed by atoms with van der Waals surface area (Å²) < 4.78 is 0. The van der Waals surface area contributed by atoms with Gasteiger partial charge >= 0.3 is 0 Å². The van der Waals surface area contributed by atoms with E-state index in [1.807, 2.05) is 19.2 Å². The van der Waals surface area contributed by atoms with Crippen LogP contribution >= 0.6 is 0 Å². The van der Waals surface area contributed by atoms with Gasteiger partial charge in [0.25, 0.3) is 0 Å². The molecule has 0 fully saturated rings. The van der Waals surface area contributed by atoms with Gasteiger partial charge in [0.15, 0.2) is 0 Å². The van der Waals surface area contributed by atoms with Crippen molar-refractivity contribution >= 4 is 0 Å². The molecule has 0 bridgehead atoms. The first kappa shape index (κ1) is 11.1. The molecule has 0 aliphatic carbocycles. The molecule has 1 atom stereocenters. The normalized spacial score (nSPS) is 12.8. The summed E-state index contributed by atoms with van der Waals surface area (Å²) in [5.41, 5.74) is 1.14. The van der Waals surface area contributed by atoms with Crippen molar-refractivity contribution in [3.05, 3.63) is 23.8 Å². The Labute approximate surface area is 86.0 Å². The number of hydrogen-bond donors (Lipinski definition) is 1. The summed E-state index contributed by atoms with van der Waals surface area (Å²) in [6.45, 7) is 7.30. The molecule has 3 nitrogen and oxygen atoms in total. The molecular formula is C11H19N3. The smallest absolute Gasteiger partial charge is 0.125 e. The van der Waals surface area contributed by atoms with Crippen LogP contribution in [-0.2, 0) is 6.42 Å². The van der Waals surface area contributed by atoms with Gasteiger partial charge in [0.05, 0.1) is 0 Å². The van der Waals surface area contributed by atoms with Crippen molar-refractivity contribution in [2.75, 3.05) is 6.54 Å². The topological polar surface area (TPSA) is 37.8 Å². The van der Waals surface area contributed by atoms with Gasteiger partial charge in [-0.3, -0.25) is 0 Å². The highest BCUT2D eigenvalue weighted by molar-refractivity contribution is 5.01. The Balaban J connectivity index is 2.37. The molecule has 0 radical (unpaired) electrons. The maximum atomic E-state index is 4.37. The molecule has 1 aromatic rings. The SMILES string of the molecule is CCNC(C)CCc1ccnc(C)n1. The second kappa shape index (κ2) is 5.70. The predicted molar refractivity (Wildman–Crippen MR) is 58.2 cm³/mol. The van der Waals surface area contributed by atoms with Gasteiger partial charge in [-0.15, -0.1) is 0 Å². The second-order valence-electron chi connectivity index (χ2n) is 3.59. The number of aryl methyl sites for hydroxylation is 2. The molecule has 1 rings (SSSR count). The van der Waals surface area contributed by atoms with Gasteiger partial charge in [-0.05, 0) is 39.3 Å². The quantitative estimate of drug-likeness (QED) is 0.773. The Morgan fingerprint density at radius 3 is 2.93 bits per heavy atom. The molecule has 0 saturated heterocycles. The highest BCUT2D eigenvalue weighted by Gasteiger charge is 2.01. The predicted octanol–water partition coefficient (Wildman–Crippen LogP) is 1.72. The maximum absolute atomic E-state index is 4.37. The molecule has 1 N–H and O–H groups in total. The number of nitrogens with one attached hydrogen (secondary N) is 1. The lowest BCUT2D eigenvalue weighted by Crippen LogP contribution is -2.26. The zero-order chi connectivity index (χ0) is 10.4. The summed E-state index contributed by atoms with van der Waals surface area (Å²) >= 11 is 0. The lowest BCUT2D eigenvalue weighted by molar-refractivity contribution is 0.527. The van der Waals surface area contributed by atoms with Crippen molar-refractivity contribution < 1.29 is 0 Å². The van der Waals surface area contributed by atoms with Crippen LogP contribution in [-0.4, -0.2) is 22.6 Å². The first-order valence-electron chi connectivity index (χ1n) is 5.24. The van der Waals surface area contributed by atoms with Crippen LogP contribution in [0.4, 0.5) is 0 Å². The van der Waals surface area contributed by atoms with Crippen molar-refractivity contribution in [2.24, 2.45) is 0 Å². The maximum Gasteiger partial charge on any atom is 0.125 e. The molecule has 3 heteroatoms. The van der Waals surface area contributed by atoms with Crippen LogP contribution in [0.3, 0.4) is 0 Å². The standard InChI is InChI=1S/C11H19N3/c1-4-12-9(2)5-6-11-7-8-13-10(3)14-11/h7-9,12H,4-6H2,1-3H3. The van der Waals surface area contributed by atoms with Gasteiger partial charge in [-0.2, -0.15) is 0 Å². The van der Waals surface area contributed by atoms with Gasteiger partial charge in [0.2, 0.25) is 0 Å². The largest absolute Gasteiger partial charge is 0.315 e. The molecule has 0 aliphatic rings. The van der Waals surface area contributed by atoms with Crippen molar-refractivity contribution in [1.82, 2.24) is 15.3 Å². The van der Waals surface area contributed by atoms with Crippen LogP contribution in [0.2, 0.25) is 0 Å². The fourth-order valence-electron chi connectivity index (χ4n) is 1.46. The molecular weight excluding hydrogens is 174 g/mol. The molecule has 1 heterocycles. The third-order valence-electron chi connectivity index (χ3n) is 2.22. The van der Waals surface area contributed by atoms with Crippen LogP contribution < -0.4 is 5.32 Å². The molecule has 1 aromatic heterocycles. The van der Waals surface area contributed by atoms with E-state index in [4.69, 9.17) is 0 Å². The fraction of sp³-hybridized carbons (Fsp3) is 0.636. The van der Waals surface area contributed by atoms with Crippen molar-refractivity contribution in [3.8, 4) is 0 Å². The van der Waals surface area contributed by atoms with Crippen LogP contribution in [0.25, 0.3) is 0 Å². The second-order valence-corrected chi connectivity index (χ2v) is 3.59. The zero-order valence-electron chi connectivity index (χ0n) is 9.25. The van der Waals surface area contributed by atoms with E-state index in [9.17, 15) is 0 Å². The minimum Gasteiger partial charge on any atom is -0.315 e. The van der Waals surface area contributed by atoms with Gasteiger partial charge < -0.3 is 5.32 Å². The first-order valence-corrected chi connectivity index (χ1v) is 5.24. The highest BCUT2D eigenvalue weighted by Crippen LogP contribution is 2.01. The minimum atomic E-state index is 0.565. The average molecular weight is 193 g/mol. The molecule has 78 valence electrons. The van der Waals surface area contributed by atoms with Gasteiger partial charge in [-0.1, -0.05) is 6.92 Å².